The van der Waals surface area contributed by atoms with Crippen molar-refractivity contribution in [1.29, 1.82) is 0 Å². The Labute approximate surface area is 239 Å². The first-order valence-electron chi connectivity index (χ1n) is 12.5. The number of hydrogen-bond acceptors (Lipinski definition) is 5. The number of carbonyl (C=O) groups is 2. The van der Waals surface area contributed by atoms with E-state index in [1.54, 1.807) is 43.3 Å². The summed E-state index contributed by atoms with van der Waals surface area (Å²) in [5, 5.41) is 2.85. The van der Waals surface area contributed by atoms with E-state index in [1.165, 1.54) is 24.1 Å². The monoisotopic (exact) mass is 615 g/mol. The van der Waals surface area contributed by atoms with Gasteiger partial charge in [-0.15, -0.1) is 0 Å². The summed E-state index contributed by atoms with van der Waals surface area (Å²) in [6, 6.07) is 19.4. The van der Waals surface area contributed by atoms with Gasteiger partial charge in [-0.05, 0) is 69.7 Å². The van der Waals surface area contributed by atoms with E-state index in [0.29, 0.717) is 5.75 Å². The normalized spacial score (nSPS) is 12.1. The molecule has 208 valence electrons. The zero-order chi connectivity index (χ0) is 28.7. The molecule has 3 rings (SSSR count). The lowest BCUT2D eigenvalue weighted by atomic mass is 10.1. The van der Waals surface area contributed by atoms with Crippen molar-refractivity contribution in [1.82, 2.24) is 10.2 Å². The van der Waals surface area contributed by atoms with Crippen LogP contribution in [0.4, 0.5) is 5.69 Å². The third-order valence-corrected chi connectivity index (χ3v) is 8.41. The summed E-state index contributed by atoms with van der Waals surface area (Å²) in [7, 11) is -2.66. The number of sulfonamides is 1. The maximum Gasteiger partial charge on any atom is 0.264 e. The van der Waals surface area contributed by atoms with Crippen LogP contribution in [0.15, 0.2) is 82.2 Å². The lowest BCUT2D eigenvalue weighted by Gasteiger charge is -2.32. The van der Waals surface area contributed by atoms with Crippen LogP contribution < -0.4 is 14.4 Å². The molecule has 0 aliphatic rings. The van der Waals surface area contributed by atoms with Crippen LogP contribution in [0.3, 0.4) is 0 Å². The number of nitrogens with one attached hydrogen (secondary N) is 1. The average molecular weight is 617 g/mol. The van der Waals surface area contributed by atoms with Crippen molar-refractivity contribution in [3.8, 4) is 5.75 Å². The van der Waals surface area contributed by atoms with Crippen LogP contribution in [0.25, 0.3) is 0 Å². The zero-order valence-corrected chi connectivity index (χ0v) is 25.1. The molecule has 0 bridgehead atoms. The number of aryl methyl sites for hydroxylation is 1. The topological polar surface area (TPSA) is 96.0 Å². The lowest BCUT2D eigenvalue weighted by Crippen LogP contribution is -2.52. The smallest absolute Gasteiger partial charge is 0.264 e. The van der Waals surface area contributed by atoms with Crippen molar-refractivity contribution < 1.29 is 22.7 Å². The number of rotatable bonds is 11. The van der Waals surface area contributed by atoms with Crippen molar-refractivity contribution in [3.05, 3.63) is 88.4 Å². The summed E-state index contributed by atoms with van der Waals surface area (Å²) in [5.41, 5.74) is 1.97. The maximum absolute atomic E-state index is 13.9. The van der Waals surface area contributed by atoms with Gasteiger partial charge in [-0.3, -0.25) is 13.9 Å². The fourth-order valence-corrected chi connectivity index (χ4v) is 5.58. The van der Waals surface area contributed by atoms with E-state index in [2.05, 4.69) is 21.2 Å². The number of benzene rings is 3. The Morgan fingerprint density at radius 1 is 0.974 bits per heavy atom. The minimum Gasteiger partial charge on any atom is -0.497 e. The first kappa shape index (κ1) is 30.2. The third-order valence-electron chi connectivity index (χ3n) is 6.09. The van der Waals surface area contributed by atoms with Crippen LogP contribution in [-0.4, -0.2) is 50.9 Å². The summed E-state index contributed by atoms with van der Waals surface area (Å²) in [6.07, 6.45) is 0. The van der Waals surface area contributed by atoms with E-state index in [0.717, 1.165) is 19.9 Å². The highest BCUT2D eigenvalue weighted by Gasteiger charge is 2.32. The Hall–Kier alpha value is -3.37. The lowest BCUT2D eigenvalue weighted by molar-refractivity contribution is -0.139. The number of amides is 2. The first-order valence-corrected chi connectivity index (χ1v) is 14.7. The van der Waals surface area contributed by atoms with Gasteiger partial charge in [0, 0.05) is 23.1 Å². The highest BCUT2D eigenvalue weighted by atomic mass is 79.9. The van der Waals surface area contributed by atoms with Crippen molar-refractivity contribution in [2.45, 2.75) is 51.2 Å². The van der Waals surface area contributed by atoms with Crippen LogP contribution in [0, 0.1) is 6.92 Å². The number of ether oxygens (including phenoxy) is 1. The number of anilines is 1. The van der Waals surface area contributed by atoms with Gasteiger partial charge in [-0.1, -0.05) is 51.8 Å². The largest absolute Gasteiger partial charge is 0.497 e. The van der Waals surface area contributed by atoms with Gasteiger partial charge >= 0.3 is 0 Å². The molecule has 0 aliphatic carbocycles. The molecule has 0 radical (unpaired) electrons. The van der Waals surface area contributed by atoms with Gasteiger partial charge in [0.25, 0.3) is 10.0 Å². The summed E-state index contributed by atoms with van der Waals surface area (Å²) in [5.74, 6) is -0.409. The number of hydrogen-bond donors (Lipinski definition) is 1. The molecule has 0 fully saturated rings. The van der Waals surface area contributed by atoms with E-state index in [1.807, 2.05) is 45.0 Å². The van der Waals surface area contributed by atoms with Gasteiger partial charge in [0.1, 0.15) is 18.3 Å². The Kier molecular flexibility index (Phi) is 10.2. The average Bonchev–Trinajstić information content (AvgIpc) is 2.90. The molecular formula is C29H34BrN3O5S. The molecule has 0 saturated heterocycles. The maximum atomic E-state index is 13.9. The van der Waals surface area contributed by atoms with Gasteiger partial charge in [0.05, 0.1) is 17.7 Å². The minimum absolute atomic E-state index is 0.0498. The molecule has 3 aromatic rings. The van der Waals surface area contributed by atoms with Gasteiger partial charge in [-0.2, -0.15) is 0 Å². The Bertz CT molecular complexity index is 1390. The standard InChI is InChI=1S/C29H34BrN3O5S/c1-20(2)31-29(35)22(4)32(18-23-11-13-24(30)14-12-23)28(34)19-33(25-7-6-8-26(17-25)38-5)39(36,37)27-15-9-21(3)10-16-27/h6-17,20,22H,18-19H2,1-5H3,(H,31,35)/t22-/m0/s1. The molecule has 3 aromatic carbocycles. The highest BCUT2D eigenvalue weighted by Crippen LogP contribution is 2.28. The second-order valence-electron chi connectivity index (χ2n) is 9.51. The number of nitrogens with zero attached hydrogens (tertiary/aromatic N) is 2. The van der Waals surface area contributed by atoms with Crippen molar-refractivity contribution in [3.63, 3.8) is 0 Å². The Balaban J connectivity index is 2.04. The van der Waals surface area contributed by atoms with Gasteiger partial charge in [0.15, 0.2) is 0 Å². The zero-order valence-electron chi connectivity index (χ0n) is 22.7. The molecule has 1 N–H and O–H groups in total. The molecule has 8 nitrogen and oxygen atoms in total. The molecule has 0 aliphatic heterocycles. The second-order valence-corrected chi connectivity index (χ2v) is 12.3. The summed E-state index contributed by atoms with van der Waals surface area (Å²) in [6.45, 7) is 6.78. The summed E-state index contributed by atoms with van der Waals surface area (Å²) in [4.78, 5) is 28.3. The van der Waals surface area contributed by atoms with E-state index < -0.39 is 28.5 Å². The van der Waals surface area contributed by atoms with Crippen molar-refractivity contribution >= 4 is 43.5 Å². The van der Waals surface area contributed by atoms with Crippen LogP contribution in [0.1, 0.15) is 31.9 Å². The fraction of sp³-hybridized carbons (Fsp3) is 0.310. The minimum atomic E-state index is -4.14. The number of methoxy groups -OCH3 is 1. The van der Waals surface area contributed by atoms with Crippen LogP contribution in [0.2, 0.25) is 0 Å². The molecule has 0 spiro atoms. The molecule has 0 unspecified atom stereocenters. The van der Waals surface area contributed by atoms with E-state index in [9.17, 15) is 18.0 Å². The van der Waals surface area contributed by atoms with Gasteiger partial charge in [-0.25, -0.2) is 8.42 Å². The summed E-state index contributed by atoms with van der Waals surface area (Å²) >= 11 is 3.41. The van der Waals surface area contributed by atoms with E-state index in [4.69, 9.17) is 4.74 Å². The molecule has 39 heavy (non-hydrogen) atoms. The third kappa shape index (κ3) is 7.83. The SMILES string of the molecule is COc1cccc(N(CC(=O)N(Cc2ccc(Br)cc2)[C@@H](C)C(=O)NC(C)C)S(=O)(=O)c2ccc(C)cc2)c1. The Morgan fingerprint density at radius 3 is 2.21 bits per heavy atom. The molecule has 0 aromatic heterocycles. The van der Waals surface area contributed by atoms with E-state index >= 15 is 0 Å². The molecular weight excluding hydrogens is 582 g/mol. The molecule has 0 heterocycles. The highest BCUT2D eigenvalue weighted by molar-refractivity contribution is 9.10. The molecule has 0 saturated carbocycles. The predicted molar refractivity (Wildman–Crippen MR) is 156 cm³/mol. The van der Waals surface area contributed by atoms with Gasteiger partial charge < -0.3 is 15.0 Å². The second kappa shape index (κ2) is 13.1. The van der Waals surface area contributed by atoms with Crippen molar-refractivity contribution in [2.24, 2.45) is 0 Å². The van der Waals surface area contributed by atoms with Crippen molar-refractivity contribution in [2.75, 3.05) is 18.0 Å². The van der Waals surface area contributed by atoms with Crippen LogP contribution in [0.5, 0.6) is 5.75 Å². The number of halogens is 1. The van der Waals surface area contributed by atoms with Crippen LogP contribution >= 0.6 is 15.9 Å². The predicted octanol–water partition coefficient (Wildman–Crippen LogP) is 4.90. The van der Waals surface area contributed by atoms with Crippen LogP contribution in [-0.2, 0) is 26.2 Å². The molecule has 1 atom stereocenters. The summed E-state index contributed by atoms with van der Waals surface area (Å²) < 4.78 is 35.0. The first-order chi connectivity index (χ1) is 18.4. The molecule has 2 amide bonds. The Morgan fingerprint density at radius 2 is 1.62 bits per heavy atom. The number of carbonyl (C=O) groups excluding carboxylic acids is 2. The quantitative estimate of drug-likeness (QED) is 0.331. The van der Waals surface area contributed by atoms with Gasteiger partial charge in [0.2, 0.25) is 11.8 Å². The van der Waals surface area contributed by atoms with E-state index in [-0.39, 0.29) is 29.1 Å². The fourth-order valence-electron chi connectivity index (χ4n) is 3.91. The molecule has 10 heteroatoms.